The van der Waals surface area contributed by atoms with Crippen molar-refractivity contribution in [2.24, 2.45) is 5.92 Å². The number of hydrogen-bond acceptors (Lipinski definition) is 1. The third kappa shape index (κ3) is 1.69. The Labute approximate surface area is 99.6 Å². The van der Waals surface area contributed by atoms with E-state index in [9.17, 15) is 0 Å². The van der Waals surface area contributed by atoms with Crippen LogP contribution in [-0.2, 0) is 6.42 Å². The Kier molecular flexibility index (Phi) is 2.47. The molecule has 15 heavy (non-hydrogen) atoms. The fourth-order valence-corrected chi connectivity index (χ4v) is 3.19. The molecule has 1 aliphatic heterocycles. The SMILES string of the molecule is Brc1cccc2c1CCN2CC1CCC1. The molecule has 0 radical (unpaired) electrons. The summed E-state index contributed by atoms with van der Waals surface area (Å²) in [5.74, 6) is 0.968. The highest BCUT2D eigenvalue weighted by atomic mass is 79.9. The Hall–Kier alpha value is -0.500. The molecule has 3 rings (SSSR count). The third-order valence-electron chi connectivity index (χ3n) is 3.77. The van der Waals surface area contributed by atoms with Gasteiger partial charge in [0.2, 0.25) is 0 Å². The van der Waals surface area contributed by atoms with Crippen molar-refractivity contribution in [1.29, 1.82) is 0 Å². The Morgan fingerprint density at radius 2 is 2.20 bits per heavy atom. The minimum Gasteiger partial charge on any atom is -0.371 e. The van der Waals surface area contributed by atoms with Crippen molar-refractivity contribution in [3.05, 3.63) is 28.2 Å². The molecule has 1 nitrogen and oxygen atoms in total. The first-order valence-corrected chi connectivity index (χ1v) is 6.66. The largest absolute Gasteiger partial charge is 0.371 e. The molecule has 0 aromatic heterocycles. The predicted molar refractivity (Wildman–Crippen MR) is 67.4 cm³/mol. The topological polar surface area (TPSA) is 3.24 Å². The lowest BCUT2D eigenvalue weighted by Crippen LogP contribution is -2.31. The minimum absolute atomic E-state index is 0.968. The fraction of sp³-hybridized carbons (Fsp3) is 0.538. The summed E-state index contributed by atoms with van der Waals surface area (Å²) in [7, 11) is 0. The van der Waals surface area contributed by atoms with Gasteiger partial charge >= 0.3 is 0 Å². The van der Waals surface area contributed by atoms with Crippen LogP contribution in [0.2, 0.25) is 0 Å². The Bertz CT molecular complexity index is 371. The Morgan fingerprint density at radius 3 is 2.93 bits per heavy atom. The summed E-state index contributed by atoms with van der Waals surface area (Å²) in [6, 6.07) is 6.58. The van der Waals surface area contributed by atoms with Crippen molar-refractivity contribution in [3.63, 3.8) is 0 Å². The van der Waals surface area contributed by atoms with Crippen molar-refractivity contribution in [2.75, 3.05) is 18.0 Å². The van der Waals surface area contributed by atoms with Crippen molar-refractivity contribution in [1.82, 2.24) is 0 Å². The maximum Gasteiger partial charge on any atom is 0.0410 e. The van der Waals surface area contributed by atoms with Crippen LogP contribution in [0, 0.1) is 5.92 Å². The molecular weight excluding hydrogens is 250 g/mol. The third-order valence-corrected chi connectivity index (χ3v) is 4.51. The molecule has 1 aromatic carbocycles. The molecular formula is C13H16BrN. The van der Waals surface area contributed by atoms with Gasteiger partial charge in [-0.2, -0.15) is 0 Å². The number of rotatable bonds is 2. The zero-order valence-electron chi connectivity index (χ0n) is 8.88. The second kappa shape index (κ2) is 3.82. The van der Waals surface area contributed by atoms with Gasteiger partial charge in [-0.25, -0.2) is 0 Å². The zero-order chi connectivity index (χ0) is 10.3. The average Bonchev–Trinajstić information content (AvgIpc) is 2.56. The van der Waals surface area contributed by atoms with Crippen LogP contribution in [0.25, 0.3) is 0 Å². The molecule has 1 fully saturated rings. The number of nitrogens with zero attached hydrogens (tertiary/aromatic N) is 1. The summed E-state index contributed by atoms with van der Waals surface area (Å²) < 4.78 is 1.29. The molecule has 0 atom stereocenters. The molecule has 0 bridgehead atoms. The molecule has 2 heteroatoms. The molecule has 1 saturated carbocycles. The molecule has 80 valence electrons. The number of fused-ring (bicyclic) bond motifs is 1. The molecule has 0 N–H and O–H groups in total. The van der Waals surface area contributed by atoms with Gasteiger partial charge in [-0.3, -0.25) is 0 Å². The van der Waals surface area contributed by atoms with Crippen molar-refractivity contribution in [3.8, 4) is 0 Å². The average molecular weight is 266 g/mol. The summed E-state index contributed by atoms with van der Waals surface area (Å²) in [5, 5.41) is 0. The van der Waals surface area contributed by atoms with Crippen LogP contribution in [0.5, 0.6) is 0 Å². The van der Waals surface area contributed by atoms with E-state index in [2.05, 4.69) is 39.0 Å². The summed E-state index contributed by atoms with van der Waals surface area (Å²) in [6.07, 6.45) is 5.55. The van der Waals surface area contributed by atoms with E-state index in [1.54, 1.807) is 0 Å². The quantitative estimate of drug-likeness (QED) is 0.790. The first-order chi connectivity index (χ1) is 7.34. The van der Waals surface area contributed by atoms with Crippen LogP contribution < -0.4 is 4.90 Å². The Balaban J connectivity index is 1.81. The molecule has 0 unspecified atom stereocenters. The van der Waals surface area contributed by atoms with Crippen LogP contribution in [-0.4, -0.2) is 13.1 Å². The molecule has 0 spiro atoms. The van der Waals surface area contributed by atoms with Crippen LogP contribution >= 0.6 is 15.9 Å². The van der Waals surface area contributed by atoms with Gasteiger partial charge in [0.15, 0.2) is 0 Å². The summed E-state index contributed by atoms with van der Waals surface area (Å²) in [6.45, 7) is 2.50. The Morgan fingerprint density at radius 1 is 1.33 bits per heavy atom. The highest BCUT2D eigenvalue weighted by Gasteiger charge is 2.25. The summed E-state index contributed by atoms with van der Waals surface area (Å²) in [5.41, 5.74) is 2.98. The molecule has 1 heterocycles. The number of hydrogen-bond donors (Lipinski definition) is 0. The van der Waals surface area contributed by atoms with E-state index in [1.165, 1.54) is 54.5 Å². The standard InChI is InChI=1S/C13H16BrN/c14-12-5-2-6-13-11(12)7-8-15(13)9-10-3-1-4-10/h2,5-6,10H,1,3-4,7-9H2. The number of benzene rings is 1. The van der Waals surface area contributed by atoms with E-state index in [0.717, 1.165) is 5.92 Å². The van der Waals surface area contributed by atoms with Gasteiger partial charge < -0.3 is 4.90 Å². The number of anilines is 1. The van der Waals surface area contributed by atoms with Gasteiger partial charge in [0.25, 0.3) is 0 Å². The van der Waals surface area contributed by atoms with Crippen LogP contribution in [0.15, 0.2) is 22.7 Å². The lowest BCUT2D eigenvalue weighted by Gasteiger charge is -2.31. The first-order valence-electron chi connectivity index (χ1n) is 5.87. The number of halogens is 1. The summed E-state index contributed by atoms with van der Waals surface area (Å²) in [4.78, 5) is 2.57. The van der Waals surface area contributed by atoms with E-state index in [-0.39, 0.29) is 0 Å². The minimum atomic E-state index is 0.968. The fourth-order valence-electron chi connectivity index (χ4n) is 2.63. The van der Waals surface area contributed by atoms with Gasteiger partial charge in [-0.1, -0.05) is 28.4 Å². The highest BCUT2D eigenvalue weighted by Crippen LogP contribution is 2.36. The summed E-state index contributed by atoms with van der Waals surface area (Å²) >= 11 is 3.65. The lowest BCUT2D eigenvalue weighted by atomic mass is 9.85. The van der Waals surface area contributed by atoms with Gasteiger partial charge in [-0.15, -0.1) is 0 Å². The normalized spacial score (nSPS) is 20.2. The van der Waals surface area contributed by atoms with Crippen molar-refractivity contribution < 1.29 is 0 Å². The highest BCUT2D eigenvalue weighted by molar-refractivity contribution is 9.10. The predicted octanol–water partition coefficient (Wildman–Crippen LogP) is 3.61. The van der Waals surface area contributed by atoms with E-state index >= 15 is 0 Å². The molecule has 0 saturated heterocycles. The first kappa shape index (κ1) is 9.71. The van der Waals surface area contributed by atoms with Gasteiger partial charge in [0.05, 0.1) is 0 Å². The van der Waals surface area contributed by atoms with E-state index in [4.69, 9.17) is 0 Å². The zero-order valence-corrected chi connectivity index (χ0v) is 10.5. The molecule has 1 aliphatic carbocycles. The monoisotopic (exact) mass is 265 g/mol. The van der Waals surface area contributed by atoms with Gasteiger partial charge in [-0.05, 0) is 42.9 Å². The van der Waals surface area contributed by atoms with Crippen LogP contribution in [0.4, 0.5) is 5.69 Å². The molecule has 0 amide bonds. The maximum absolute atomic E-state index is 3.65. The van der Waals surface area contributed by atoms with Crippen molar-refractivity contribution >= 4 is 21.6 Å². The maximum atomic E-state index is 3.65. The lowest BCUT2D eigenvalue weighted by molar-refractivity contribution is 0.319. The van der Waals surface area contributed by atoms with Crippen LogP contribution in [0.3, 0.4) is 0 Å². The smallest absolute Gasteiger partial charge is 0.0410 e. The van der Waals surface area contributed by atoms with E-state index in [0.29, 0.717) is 0 Å². The molecule has 1 aromatic rings. The van der Waals surface area contributed by atoms with Gasteiger partial charge in [0, 0.05) is 23.2 Å². The molecule has 2 aliphatic rings. The van der Waals surface area contributed by atoms with Crippen molar-refractivity contribution in [2.45, 2.75) is 25.7 Å². The van der Waals surface area contributed by atoms with Gasteiger partial charge in [0.1, 0.15) is 0 Å². The second-order valence-electron chi connectivity index (χ2n) is 4.73. The van der Waals surface area contributed by atoms with E-state index < -0.39 is 0 Å². The van der Waals surface area contributed by atoms with Crippen LogP contribution in [0.1, 0.15) is 24.8 Å². The second-order valence-corrected chi connectivity index (χ2v) is 5.58. The van der Waals surface area contributed by atoms with E-state index in [1.807, 2.05) is 0 Å².